The van der Waals surface area contributed by atoms with Crippen LogP contribution in [0.4, 0.5) is 20.6 Å². The minimum Gasteiger partial charge on any atom is -0.486 e. The maximum absolute atomic E-state index is 13.6. The Morgan fingerprint density at radius 1 is 1.10 bits per heavy atom. The molecule has 0 spiro atoms. The maximum atomic E-state index is 13.6. The van der Waals surface area contributed by atoms with Gasteiger partial charge in [-0.05, 0) is 55.5 Å². The van der Waals surface area contributed by atoms with Crippen molar-refractivity contribution < 1.29 is 32.2 Å². The van der Waals surface area contributed by atoms with E-state index in [0.717, 1.165) is 16.4 Å². The molecule has 1 aliphatic rings. The molecule has 41 heavy (non-hydrogen) atoms. The minimum atomic E-state index is -4.00. The first-order valence-electron chi connectivity index (χ1n) is 13.1. The first kappa shape index (κ1) is 30.0. The molecule has 3 aromatic carbocycles. The number of nitrogens with zero attached hydrogens (tertiary/aromatic N) is 2. The lowest BCUT2D eigenvalue weighted by molar-refractivity contribution is 0.0389. The van der Waals surface area contributed by atoms with Gasteiger partial charge in [-0.15, -0.1) is 0 Å². The zero-order valence-electron chi connectivity index (χ0n) is 23.0. The molecular formula is C29H33FN4O6S. The molecule has 0 bridgehead atoms. The number of hydrogen-bond donors (Lipinski definition) is 3. The molecular weight excluding hydrogens is 551 g/mol. The number of carbonyl (C=O) groups is 2. The number of urea groups is 1. The molecule has 0 unspecified atom stereocenters. The third-order valence-corrected chi connectivity index (χ3v) is 8.77. The highest BCUT2D eigenvalue weighted by Gasteiger charge is 2.36. The van der Waals surface area contributed by atoms with E-state index in [4.69, 9.17) is 4.74 Å². The van der Waals surface area contributed by atoms with E-state index in [1.165, 1.54) is 24.1 Å². The lowest BCUT2D eigenvalue weighted by Gasteiger charge is -2.38. The van der Waals surface area contributed by atoms with Crippen molar-refractivity contribution in [3.63, 3.8) is 0 Å². The van der Waals surface area contributed by atoms with Crippen molar-refractivity contribution in [2.45, 2.75) is 30.9 Å². The predicted molar refractivity (Wildman–Crippen MR) is 153 cm³/mol. The number of likely N-dealkylation sites (N-methyl/N-ethyl adjacent to an activating group) is 1. The fourth-order valence-electron chi connectivity index (χ4n) is 4.50. The second-order valence-electron chi connectivity index (χ2n) is 9.99. The molecule has 0 saturated heterocycles. The Kier molecular flexibility index (Phi) is 9.26. The number of benzene rings is 3. The van der Waals surface area contributed by atoms with Gasteiger partial charge in [-0.25, -0.2) is 17.6 Å². The van der Waals surface area contributed by atoms with Crippen LogP contribution in [0.25, 0.3) is 0 Å². The summed E-state index contributed by atoms with van der Waals surface area (Å²) in [4.78, 5) is 27.9. The molecule has 4 rings (SSSR count). The number of fused-ring (bicyclic) bond motifs is 1. The smallest absolute Gasteiger partial charge is 0.323 e. The number of para-hydroxylation sites is 2. The molecule has 3 aromatic rings. The summed E-state index contributed by atoms with van der Waals surface area (Å²) in [6, 6.07) is 17.0. The lowest BCUT2D eigenvalue weighted by atomic mass is 9.99. The van der Waals surface area contributed by atoms with Gasteiger partial charge in [-0.3, -0.25) is 4.79 Å². The summed E-state index contributed by atoms with van der Waals surface area (Å²) in [7, 11) is -2.61. The Morgan fingerprint density at radius 2 is 1.78 bits per heavy atom. The highest BCUT2D eigenvalue weighted by Crippen LogP contribution is 2.35. The molecule has 3 amide bonds. The Balaban J connectivity index is 1.68. The van der Waals surface area contributed by atoms with Gasteiger partial charge in [0.05, 0.1) is 35.3 Å². The first-order valence-corrected chi connectivity index (χ1v) is 14.5. The third kappa shape index (κ3) is 6.84. The van der Waals surface area contributed by atoms with E-state index < -0.39 is 45.8 Å². The fourth-order valence-corrected chi connectivity index (χ4v) is 5.69. The van der Waals surface area contributed by atoms with E-state index in [-0.39, 0.29) is 41.6 Å². The molecule has 3 N–H and O–H groups in total. The summed E-state index contributed by atoms with van der Waals surface area (Å²) in [5.74, 6) is -1.26. The van der Waals surface area contributed by atoms with Crippen LogP contribution in [0.15, 0.2) is 77.7 Å². The van der Waals surface area contributed by atoms with Crippen LogP contribution in [-0.4, -0.2) is 73.6 Å². The minimum absolute atomic E-state index is 0.0778. The van der Waals surface area contributed by atoms with Gasteiger partial charge in [0.2, 0.25) is 10.0 Å². The average molecular weight is 585 g/mol. The van der Waals surface area contributed by atoms with E-state index in [0.29, 0.717) is 5.69 Å². The van der Waals surface area contributed by atoms with Crippen LogP contribution in [0, 0.1) is 11.7 Å². The third-order valence-electron chi connectivity index (χ3n) is 6.93. The fraction of sp³-hybridized carbons (Fsp3) is 0.310. The Morgan fingerprint density at radius 3 is 2.44 bits per heavy atom. The van der Waals surface area contributed by atoms with Crippen molar-refractivity contribution >= 4 is 33.3 Å². The van der Waals surface area contributed by atoms with Crippen LogP contribution >= 0.6 is 0 Å². The number of nitrogens with one attached hydrogen (secondary N) is 2. The molecule has 0 radical (unpaired) electrons. The van der Waals surface area contributed by atoms with Gasteiger partial charge >= 0.3 is 6.03 Å². The van der Waals surface area contributed by atoms with Crippen molar-refractivity contribution in [2.24, 2.45) is 5.92 Å². The molecule has 12 heteroatoms. The normalized spacial score (nSPS) is 18.1. The molecule has 10 nitrogen and oxygen atoms in total. The van der Waals surface area contributed by atoms with Gasteiger partial charge in [-0.1, -0.05) is 31.2 Å². The topological polar surface area (TPSA) is 128 Å². The number of anilines is 2. The number of carbonyl (C=O) groups excluding carboxylic acids is 2. The van der Waals surface area contributed by atoms with Gasteiger partial charge in [0.15, 0.2) is 5.75 Å². The van der Waals surface area contributed by atoms with Gasteiger partial charge in [-0.2, -0.15) is 4.31 Å². The molecule has 1 aliphatic heterocycles. The number of hydrogen-bond acceptors (Lipinski definition) is 6. The zero-order valence-corrected chi connectivity index (χ0v) is 23.8. The summed E-state index contributed by atoms with van der Waals surface area (Å²) in [6.45, 7) is 3.32. The number of aliphatic hydroxyl groups excluding tert-OH is 1. The first-order chi connectivity index (χ1) is 19.5. The highest BCUT2D eigenvalue weighted by atomic mass is 32.2. The van der Waals surface area contributed by atoms with Crippen molar-refractivity contribution in [1.29, 1.82) is 0 Å². The van der Waals surface area contributed by atoms with Crippen LogP contribution in [0.5, 0.6) is 5.75 Å². The quantitative estimate of drug-likeness (QED) is 0.367. The van der Waals surface area contributed by atoms with E-state index >= 15 is 0 Å². The molecule has 0 fully saturated rings. The molecule has 0 aliphatic carbocycles. The number of rotatable bonds is 8. The van der Waals surface area contributed by atoms with Crippen molar-refractivity contribution in [3.05, 3.63) is 84.2 Å². The highest BCUT2D eigenvalue weighted by molar-refractivity contribution is 7.89. The van der Waals surface area contributed by atoms with Crippen LogP contribution in [-0.2, 0) is 10.0 Å². The molecule has 0 saturated carbocycles. The van der Waals surface area contributed by atoms with E-state index in [1.807, 2.05) is 13.0 Å². The van der Waals surface area contributed by atoms with Gasteiger partial charge in [0, 0.05) is 25.2 Å². The van der Waals surface area contributed by atoms with Crippen LogP contribution in [0.1, 0.15) is 24.2 Å². The second kappa shape index (κ2) is 12.7. The van der Waals surface area contributed by atoms with Gasteiger partial charge < -0.3 is 25.4 Å². The molecule has 1 heterocycles. The monoisotopic (exact) mass is 584 g/mol. The van der Waals surface area contributed by atoms with E-state index in [9.17, 15) is 27.5 Å². The molecule has 0 aromatic heterocycles. The maximum Gasteiger partial charge on any atom is 0.323 e. The van der Waals surface area contributed by atoms with E-state index in [2.05, 4.69) is 10.6 Å². The summed E-state index contributed by atoms with van der Waals surface area (Å²) < 4.78 is 47.4. The average Bonchev–Trinajstić information content (AvgIpc) is 2.95. The standard InChI is InChI=1S/C29H33FN4O6S/c1-19-16-34(20(2)18-35)28(36)24-10-7-11-25(32-29(37)31-22-8-5-4-6-9-22)27(24)40-26(19)17-33(3)41(38,39)23-14-12-21(30)13-15-23/h4-15,19-20,26,35H,16-18H2,1-3H3,(H2,31,32,37)/t19-,20+,26+/m0/s1. The zero-order chi connectivity index (χ0) is 29.7. The SMILES string of the molecule is C[C@H](CO)N1C[C@H](C)[C@@H](CN(C)S(=O)(=O)c2ccc(F)cc2)Oc2c(NC(=O)Nc3ccccc3)cccc2C1=O. The molecule has 3 atom stereocenters. The number of halogens is 1. The lowest BCUT2D eigenvalue weighted by Crippen LogP contribution is -2.50. The summed E-state index contributed by atoms with van der Waals surface area (Å²) >= 11 is 0. The summed E-state index contributed by atoms with van der Waals surface area (Å²) in [5, 5.41) is 15.3. The predicted octanol–water partition coefficient (Wildman–Crippen LogP) is 4.01. The number of aliphatic hydroxyl groups is 1. The van der Waals surface area contributed by atoms with Crippen molar-refractivity contribution in [2.75, 3.05) is 37.4 Å². The Bertz CT molecular complexity index is 1490. The molecule has 218 valence electrons. The Hall–Kier alpha value is -4.00. The van der Waals surface area contributed by atoms with Gasteiger partial charge in [0.1, 0.15) is 11.9 Å². The number of sulfonamides is 1. The van der Waals surface area contributed by atoms with Crippen LogP contribution in [0.2, 0.25) is 0 Å². The van der Waals surface area contributed by atoms with Gasteiger partial charge in [0.25, 0.3) is 5.91 Å². The van der Waals surface area contributed by atoms with E-state index in [1.54, 1.807) is 49.4 Å². The second-order valence-corrected chi connectivity index (χ2v) is 12.0. The Labute approximate surface area is 238 Å². The number of ether oxygens (including phenoxy) is 1. The summed E-state index contributed by atoms with van der Waals surface area (Å²) in [5.41, 5.74) is 0.927. The van der Waals surface area contributed by atoms with Crippen LogP contribution in [0.3, 0.4) is 0 Å². The van der Waals surface area contributed by atoms with Crippen molar-refractivity contribution in [3.8, 4) is 5.75 Å². The van der Waals surface area contributed by atoms with Crippen LogP contribution < -0.4 is 15.4 Å². The largest absolute Gasteiger partial charge is 0.486 e. The number of amides is 3. The van der Waals surface area contributed by atoms with Crippen molar-refractivity contribution in [1.82, 2.24) is 9.21 Å². The summed E-state index contributed by atoms with van der Waals surface area (Å²) in [6.07, 6.45) is -0.768.